The molecule has 0 saturated carbocycles. The van der Waals surface area contributed by atoms with Crippen molar-refractivity contribution in [2.45, 2.75) is 24.4 Å². The monoisotopic (exact) mass is 546 g/mol. The lowest BCUT2D eigenvalue weighted by molar-refractivity contribution is -0.384. The highest BCUT2D eigenvalue weighted by Crippen LogP contribution is 2.29. The van der Waals surface area contributed by atoms with Crippen LogP contribution in [0.25, 0.3) is 11.4 Å². The van der Waals surface area contributed by atoms with Gasteiger partial charge in [0.25, 0.3) is 11.6 Å². The highest BCUT2D eigenvalue weighted by Gasteiger charge is 2.25. The average molecular weight is 547 g/mol. The number of nitro groups is 1. The standard InChI is InChI=1S/C28H27FN6O3S/c1-2-34-26(20-11-13-22(14-12-20)35(37)38)30-31-28(34)39-19-21-7-3-4-8-23(21)27(36)33-17-15-32(16-18-33)25-10-6-5-9-24(25)29/h3-14H,2,15-19H2,1H3. The Kier molecular flexibility index (Phi) is 7.87. The van der Waals surface area contributed by atoms with Crippen molar-refractivity contribution in [1.82, 2.24) is 19.7 Å². The third-order valence-electron chi connectivity index (χ3n) is 6.73. The number of para-hydroxylation sites is 1. The minimum absolute atomic E-state index is 0.0193. The number of hydrogen-bond donors (Lipinski definition) is 0. The average Bonchev–Trinajstić information content (AvgIpc) is 3.39. The number of anilines is 1. The highest BCUT2D eigenvalue weighted by molar-refractivity contribution is 7.98. The summed E-state index contributed by atoms with van der Waals surface area (Å²) in [5.41, 5.74) is 2.86. The van der Waals surface area contributed by atoms with E-state index in [1.165, 1.54) is 30.0 Å². The van der Waals surface area contributed by atoms with Gasteiger partial charge in [-0.05, 0) is 42.8 Å². The number of piperazine rings is 1. The minimum atomic E-state index is -0.433. The normalized spacial score (nSPS) is 13.5. The second-order valence-electron chi connectivity index (χ2n) is 9.03. The number of nitro benzene ring substituents is 1. The van der Waals surface area contributed by atoms with Gasteiger partial charge < -0.3 is 14.4 Å². The molecule has 11 heteroatoms. The summed E-state index contributed by atoms with van der Waals surface area (Å²) in [6, 6.07) is 20.5. The molecular formula is C28H27FN6O3S. The van der Waals surface area contributed by atoms with Gasteiger partial charge in [0.15, 0.2) is 11.0 Å². The van der Waals surface area contributed by atoms with Gasteiger partial charge in [0.1, 0.15) is 5.82 Å². The second kappa shape index (κ2) is 11.6. The first kappa shape index (κ1) is 26.4. The molecule has 1 saturated heterocycles. The Hall–Kier alpha value is -4.25. The maximum atomic E-state index is 14.2. The molecule has 3 aromatic carbocycles. The van der Waals surface area contributed by atoms with Gasteiger partial charge in [-0.25, -0.2) is 4.39 Å². The topological polar surface area (TPSA) is 97.4 Å². The number of thioether (sulfide) groups is 1. The van der Waals surface area contributed by atoms with Gasteiger partial charge in [-0.15, -0.1) is 10.2 Å². The molecule has 9 nitrogen and oxygen atoms in total. The molecule has 1 aliphatic rings. The number of aromatic nitrogens is 3. The van der Waals surface area contributed by atoms with E-state index in [4.69, 9.17) is 0 Å². The number of nitrogens with zero attached hydrogens (tertiary/aromatic N) is 6. The van der Waals surface area contributed by atoms with Crippen molar-refractivity contribution in [1.29, 1.82) is 0 Å². The summed E-state index contributed by atoms with van der Waals surface area (Å²) in [5, 5.41) is 20.4. The predicted molar refractivity (Wildman–Crippen MR) is 148 cm³/mol. The van der Waals surface area contributed by atoms with E-state index in [0.717, 1.165) is 11.1 Å². The maximum Gasteiger partial charge on any atom is 0.269 e. The molecule has 1 fully saturated rings. The zero-order chi connectivity index (χ0) is 27.4. The Morgan fingerprint density at radius 1 is 0.974 bits per heavy atom. The Bertz CT molecular complexity index is 1480. The molecule has 0 atom stereocenters. The fourth-order valence-corrected chi connectivity index (χ4v) is 5.66. The van der Waals surface area contributed by atoms with Gasteiger partial charge in [0.2, 0.25) is 0 Å². The van der Waals surface area contributed by atoms with Gasteiger partial charge >= 0.3 is 0 Å². The van der Waals surface area contributed by atoms with Gasteiger partial charge in [-0.2, -0.15) is 0 Å². The largest absolute Gasteiger partial charge is 0.366 e. The predicted octanol–water partition coefficient (Wildman–Crippen LogP) is 5.27. The molecular weight excluding hydrogens is 519 g/mol. The summed E-state index contributed by atoms with van der Waals surface area (Å²) in [6.45, 7) is 4.76. The molecule has 0 bridgehead atoms. The molecule has 39 heavy (non-hydrogen) atoms. The summed E-state index contributed by atoms with van der Waals surface area (Å²) in [5.74, 6) is 0.862. The van der Waals surface area contributed by atoms with Gasteiger partial charge in [-0.1, -0.05) is 42.1 Å². The van der Waals surface area contributed by atoms with E-state index in [1.807, 2.05) is 51.6 Å². The fraction of sp³-hybridized carbons (Fsp3) is 0.250. The quantitative estimate of drug-likeness (QED) is 0.169. The first-order valence-corrected chi connectivity index (χ1v) is 13.6. The first-order chi connectivity index (χ1) is 19.0. The van der Waals surface area contributed by atoms with Crippen LogP contribution < -0.4 is 4.90 Å². The number of non-ortho nitro benzene ring substituents is 1. The van der Waals surface area contributed by atoms with Crippen LogP contribution in [0.5, 0.6) is 0 Å². The van der Waals surface area contributed by atoms with E-state index < -0.39 is 4.92 Å². The molecule has 1 aromatic heterocycles. The summed E-state index contributed by atoms with van der Waals surface area (Å²) < 4.78 is 16.2. The van der Waals surface area contributed by atoms with Crippen molar-refractivity contribution in [3.63, 3.8) is 0 Å². The van der Waals surface area contributed by atoms with Crippen LogP contribution in [0.2, 0.25) is 0 Å². The summed E-state index contributed by atoms with van der Waals surface area (Å²) in [6.07, 6.45) is 0. The van der Waals surface area contributed by atoms with E-state index in [9.17, 15) is 19.3 Å². The molecule has 1 amide bonds. The molecule has 0 unspecified atom stereocenters. The maximum absolute atomic E-state index is 14.2. The smallest absolute Gasteiger partial charge is 0.269 e. The van der Waals surface area contributed by atoms with E-state index in [1.54, 1.807) is 24.3 Å². The molecule has 4 aromatic rings. The number of carbonyl (C=O) groups excluding carboxylic acids is 1. The molecule has 2 heterocycles. The Morgan fingerprint density at radius 2 is 1.67 bits per heavy atom. The van der Waals surface area contributed by atoms with Crippen LogP contribution in [0.4, 0.5) is 15.8 Å². The SMILES string of the molecule is CCn1c(SCc2ccccc2C(=O)N2CCN(c3ccccc3F)CC2)nnc1-c1ccc([N+](=O)[O-])cc1. The number of hydrogen-bond acceptors (Lipinski definition) is 7. The fourth-order valence-electron chi connectivity index (χ4n) is 4.65. The van der Waals surface area contributed by atoms with E-state index >= 15 is 0 Å². The summed E-state index contributed by atoms with van der Waals surface area (Å²) in [7, 11) is 0. The van der Waals surface area contributed by atoms with Crippen molar-refractivity contribution in [2.75, 3.05) is 31.1 Å². The molecule has 0 radical (unpaired) electrons. The lowest BCUT2D eigenvalue weighted by Gasteiger charge is -2.36. The van der Waals surface area contributed by atoms with Gasteiger partial charge in [-0.3, -0.25) is 14.9 Å². The molecule has 0 N–H and O–H groups in total. The van der Waals surface area contributed by atoms with Crippen LogP contribution in [0, 0.1) is 15.9 Å². The van der Waals surface area contributed by atoms with Crippen molar-refractivity contribution < 1.29 is 14.1 Å². The third kappa shape index (κ3) is 5.63. The summed E-state index contributed by atoms with van der Waals surface area (Å²) >= 11 is 1.49. The number of carbonyl (C=O) groups is 1. The number of amides is 1. The van der Waals surface area contributed by atoms with Crippen LogP contribution in [0.1, 0.15) is 22.8 Å². The zero-order valence-electron chi connectivity index (χ0n) is 21.4. The molecule has 0 aliphatic carbocycles. The van der Waals surface area contributed by atoms with E-state index in [2.05, 4.69) is 10.2 Å². The second-order valence-corrected chi connectivity index (χ2v) is 9.97. The zero-order valence-corrected chi connectivity index (χ0v) is 22.2. The minimum Gasteiger partial charge on any atom is -0.366 e. The van der Waals surface area contributed by atoms with Crippen LogP contribution in [-0.2, 0) is 12.3 Å². The van der Waals surface area contributed by atoms with Crippen molar-refractivity contribution >= 4 is 29.0 Å². The number of halogens is 1. The van der Waals surface area contributed by atoms with Crippen LogP contribution in [0.3, 0.4) is 0 Å². The molecule has 5 rings (SSSR count). The Labute approximate surface area is 229 Å². The molecule has 1 aliphatic heterocycles. The van der Waals surface area contributed by atoms with E-state index in [-0.39, 0.29) is 17.4 Å². The van der Waals surface area contributed by atoms with E-state index in [0.29, 0.717) is 60.7 Å². The summed E-state index contributed by atoms with van der Waals surface area (Å²) in [4.78, 5) is 27.8. The van der Waals surface area contributed by atoms with Crippen LogP contribution >= 0.6 is 11.8 Å². The molecule has 200 valence electrons. The Morgan fingerprint density at radius 3 is 2.36 bits per heavy atom. The first-order valence-electron chi connectivity index (χ1n) is 12.6. The van der Waals surface area contributed by atoms with Crippen molar-refractivity contribution in [2.24, 2.45) is 0 Å². The number of rotatable bonds is 8. The van der Waals surface area contributed by atoms with Crippen molar-refractivity contribution in [3.8, 4) is 11.4 Å². The van der Waals surface area contributed by atoms with Crippen LogP contribution in [0.15, 0.2) is 78.0 Å². The van der Waals surface area contributed by atoms with Crippen molar-refractivity contribution in [3.05, 3.63) is 99.9 Å². The lowest BCUT2D eigenvalue weighted by Crippen LogP contribution is -2.49. The van der Waals surface area contributed by atoms with Gasteiger partial charge in [0, 0.05) is 61.7 Å². The Balaban J connectivity index is 1.27. The molecule has 0 spiro atoms. The highest BCUT2D eigenvalue weighted by atomic mass is 32.2. The van der Waals surface area contributed by atoms with Gasteiger partial charge in [0.05, 0.1) is 10.6 Å². The third-order valence-corrected chi connectivity index (χ3v) is 7.75. The lowest BCUT2D eigenvalue weighted by atomic mass is 10.1. The number of benzene rings is 3. The van der Waals surface area contributed by atoms with Crippen LogP contribution in [-0.4, -0.2) is 56.7 Å².